The number of halogens is 1. The maximum atomic E-state index is 13.1. The first-order valence-corrected chi connectivity index (χ1v) is 11.5. The first kappa shape index (κ1) is 28.7. The molecule has 1 amide bonds. The van der Waals surface area contributed by atoms with Gasteiger partial charge in [0.15, 0.2) is 0 Å². The SMILES string of the molecule is [CH2-]C(CCc1nnc(NC(=O)c2cnc(C)cc2-c2cc(Cl)ncc2OC)s1)OC[C-](C)C.[U+2]. The molecule has 11 heteroatoms. The van der Waals surface area contributed by atoms with Gasteiger partial charge in [0.25, 0.3) is 5.91 Å². The van der Waals surface area contributed by atoms with Crippen LogP contribution in [-0.2, 0) is 11.2 Å². The number of hydrogen-bond donors (Lipinski definition) is 1. The molecule has 0 fully saturated rings. The smallest absolute Gasteiger partial charge is 0.494 e. The fourth-order valence-electron chi connectivity index (χ4n) is 2.98. The van der Waals surface area contributed by atoms with E-state index < -0.39 is 0 Å². The largest absolute Gasteiger partial charge is 2.00 e. The second-order valence-corrected chi connectivity index (χ2v) is 9.16. The molecule has 0 aromatic carbocycles. The standard InChI is InChI=1S/C23H26ClN5O3S.U/c1-13(2)12-32-15(4)6-7-21-28-29-23(33-21)27-22(30)18-10-25-14(3)8-16(18)17-9-20(24)26-11-19(17)31-5;/h8-11,15H,4,6-7,12H2,1-3,5H3,(H,27,29,30);/q-2;+2. The molecule has 0 saturated carbocycles. The van der Waals surface area contributed by atoms with E-state index in [9.17, 15) is 4.79 Å². The zero-order valence-electron chi connectivity index (χ0n) is 19.5. The summed E-state index contributed by atoms with van der Waals surface area (Å²) in [6.45, 7) is 10.5. The van der Waals surface area contributed by atoms with Crippen LogP contribution < -0.4 is 10.1 Å². The third-order valence-corrected chi connectivity index (χ3v) is 5.71. The van der Waals surface area contributed by atoms with Gasteiger partial charge in [0.2, 0.25) is 5.13 Å². The van der Waals surface area contributed by atoms with Crippen molar-refractivity contribution in [3.8, 4) is 16.9 Å². The second-order valence-electron chi connectivity index (χ2n) is 7.71. The zero-order chi connectivity index (χ0) is 24.0. The number of methoxy groups -OCH3 is 1. The Morgan fingerprint density at radius 1 is 1.24 bits per heavy atom. The van der Waals surface area contributed by atoms with E-state index in [0.717, 1.165) is 10.7 Å². The number of amides is 1. The number of rotatable bonds is 10. The molecule has 3 heterocycles. The number of nitrogens with zero attached hydrogens (tertiary/aromatic N) is 4. The van der Waals surface area contributed by atoms with Gasteiger partial charge in [0.05, 0.1) is 18.9 Å². The molecule has 0 aliphatic carbocycles. The number of carbonyl (C=O) groups is 1. The quantitative estimate of drug-likeness (QED) is 0.233. The van der Waals surface area contributed by atoms with E-state index in [2.05, 4.69) is 32.4 Å². The first-order chi connectivity index (χ1) is 15.8. The summed E-state index contributed by atoms with van der Waals surface area (Å²) in [4.78, 5) is 21.4. The minimum Gasteiger partial charge on any atom is -0.494 e. The van der Waals surface area contributed by atoms with Crippen molar-refractivity contribution in [2.45, 2.75) is 39.7 Å². The average Bonchev–Trinajstić information content (AvgIpc) is 3.23. The van der Waals surface area contributed by atoms with Gasteiger partial charge in [-0.25, -0.2) is 4.98 Å². The molecule has 0 saturated heterocycles. The van der Waals surface area contributed by atoms with E-state index in [1.54, 1.807) is 12.1 Å². The topological polar surface area (TPSA) is 99.1 Å². The van der Waals surface area contributed by atoms with E-state index in [0.29, 0.717) is 52.2 Å². The summed E-state index contributed by atoms with van der Waals surface area (Å²) in [6.07, 6.45) is 4.28. The summed E-state index contributed by atoms with van der Waals surface area (Å²) in [5.74, 6) is 1.33. The summed E-state index contributed by atoms with van der Waals surface area (Å²) in [6, 6.07) is 3.46. The molecule has 0 aliphatic rings. The van der Waals surface area contributed by atoms with Crippen molar-refractivity contribution in [2.24, 2.45) is 0 Å². The molecule has 0 bridgehead atoms. The Labute approximate surface area is 232 Å². The molecule has 0 aliphatic heterocycles. The minimum absolute atomic E-state index is 0. The van der Waals surface area contributed by atoms with E-state index in [1.807, 2.05) is 20.8 Å². The van der Waals surface area contributed by atoms with E-state index in [-0.39, 0.29) is 43.1 Å². The van der Waals surface area contributed by atoms with Crippen LogP contribution in [0.2, 0.25) is 5.15 Å². The molecule has 178 valence electrons. The molecule has 8 nitrogen and oxygen atoms in total. The Bertz CT molecular complexity index is 1110. The third-order valence-electron chi connectivity index (χ3n) is 4.60. The van der Waals surface area contributed by atoms with Crippen LogP contribution in [0.3, 0.4) is 0 Å². The van der Waals surface area contributed by atoms with Gasteiger partial charge in [-0.05, 0) is 25.5 Å². The molecule has 0 spiro atoms. The van der Waals surface area contributed by atoms with Crippen LogP contribution in [0.5, 0.6) is 5.75 Å². The fraction of sp³-hybridized carbons (Fsp3) is 0.348. The maximum absolute atomic E-state index is 13.1. The van der Waals surface area contributed by atoms with Crippen molar-refractivity contribution < 1.29 is 45.4 Å². The van der Waals surface area contributed by atoms with E-state index in [1.165, 1.54) is 36.8 Å². The predicted molar refractivity (Wildman–Crippen MR) is 130 cm³/mol. The second kappa shape index (κ2) is 13.5. The number of aromatic nitrogens is 4. The Morgan fingerprint density at radius 2 is 2.00 bits per heavy atom. The van der Waals surface area contributed by atoms with Crippen LogP contribution in [0.15, 0.2) is 24.5 Å². The van der Waals surface area contributed by atoms with E-state index in [4.69, 9.17) is 21.1 Å². The van der Waals surface area contributed by atoms with Gasteiger partial charge in [-0.3, -0.25) is 21.0 Å². The number of carbonyl (C=O) groups excluding carboxylic acids is 1. The van der Waals surface area contributed by atoms with Crippen LogP contribution in [0.25, 0.3) is 11.1 Å². The molecule has 0 radical (unpaired) electrons. The monoisotopic (exact) mass is 725 g/mol. The normalized spacial score (nSPS) is 11.7. The van der Waals surface area contributed by atoms with Crippen LogP contribution in [0.4, 0.5) is 5.13 Å². The molecule has 1 atom stereocenters. The minimum atomic E-state index is -0.359. The Hall–Kier alpha value is -1.57. The van der Waals surface area contributed by atoms with Crippen LogP contribution >= 0.6 is 22.9 Å². The maximum Gasteiger partial charge on any atom is 2.00 e. The Morgan fingerprint density at radius 3 is 2.71 bits per heavy atom. The number of hydrogen-bond acceptors (Lipinski definition) is 8. The molecule has 3 rings (SSSR count). The molecule has 1 unspecified atom stereocenters. The first-order valence-electron chi connectivity index (χ1n) is 10.3. The van der Waals surface area contributed by atoms with Gasteiger partial charge in [-0.1, -0.05) is 35.6 Å². The van der Waals surface area contributed by atoms with Crippen LogP contribution in [0, 0.1) is 50.9 Å². The van der Waals surface area contributed by atoms with Crippen molar-refractivity contribution in [2.75, 3.05) is 19.0 Å². The summed E-state index contributed by atoms with van der Waals surface area (Å²) >= 11 is 7.42. The van der Waals surface area contributed by atoms with Gasteiger partial charge < -0.3 is 16.4 Å². The summed E-state index contributed by atoms with van der Waals surface area (Å²) < 4.78 is 11.1. The van der Waals surface area contributed by atoms with Crippen molar-refractivity contribution in [1.82, 2.24) is 20.2 Å². The number of anilines is 1. The van der Waals surface area contributed by atoms with Gasteiger partial charge in [-0.15, -0.1) is 10.2 Å². The number of aryl methyl sites for hydroxylation is 2. The van der Waals surface area contributed by atoms with Gasteiger partial charge >= 0.3 is 31.1 Å². The number of ether oxygens (including phenoxy) is 2. The van der Waals surface area contributed by atoms with Crippen molar-refractivity contribution in [3.05, 3.63) is 58.8 Å². The summed E-state index contributed by atoms with van der Waals surface area (Å²) in [5, 5.41) is 12.6. The molecule has 1 N–H and O–H groups in total. The summed E-state index contributed by atoms with van der Waals surface area (Å²) in [5.41, 5.74) is 2.38. The molecule has 34 heavy (non-hydrogen) atoms. The van der Waals surface area contributed by atoms with Gasteiger partial charge in [0.1, 0.15) is 15.9 Å². The van der Waals surface area contributed by atoms with Crippen LogP contribution in [-0.4, -0.2) is 45.9 Å². The number of nitrogens with one attached hydrogen (secondary N) is 1. The van der Waals surface area contributed by atoms with Gasteiger partial charge in [0, 0.05) is 29.4 Å². The van der Waals surface area contributed by atoms with Crippen molar-refractivity contribution >= 4 is 34.0 Å². The third kappa shape index (κ3) is 7.99. The van der Waals surface area contributed by atoms with Crippen molar-refractivity contribution in [3.63, 3.8) is 0 Å². The summed E-state index contributed by atoms with van der Waals surface area (Å²) in [7, 11) is 1.54. The molecule has 3 aromatic rings. The van der Waals surface area contributed by atoms with Gasteiger partial charge in [-0.2, -0.15) is 13.8 Å². The fourth-order valence-corrected chi connectivity index (χ4v) is 3.88. The Kier molecular flexibility index (Phi) is 11.4. The average molecular weight is 726 g/mol. The van der Waals surface area contributed by atoms with E-state index >= 15 is 0 Å². The molecular weight excluding hydrogens is 700 g/mol. The Balaban J connectivity index is 0.00000408. The molecular formula is C23H26ClN5O3SU. The zero-order valence-corrected chi connectivity index (χ0v) is 25.3. The van der Waals surface area contributed by atoms with Crippen LogP contribution in [0.1, 0.15) is 41.3 Å². The number of pyridine rings is 2. The van der Waals surface area contributed by atoms with Crippen molar-refractivity contribution in [1.29, 1.82) is 0 Å². The predicted octanol–water partition coefficient (Wildman–Crippen LogP) is 4.98. The molecule has 3 aromatic heterocycles.